The minimum absolute atomic E-state index is 0.355. The van der Waals surface area contributed by atoms with E-state index < -0.39 is 17.3 Å². The number of carbonyl (C=O) groups excluding carboxylic acids is 1. The van der Waals surface area contributed by atoms with Crippen LogP contribution in [0, 0.1) is 5.82 Å². The quantitative estimate of drug-likeness (QED) is 0.908. The van der Waals surface area contributed by atoms with Gasteiger partial charge in [-0.2, -0.15) is 0 Å². The lowest BCUT2D eigenvalue weighted by Crippen LogP contribution is -2.41. The number of hydrogen-bond donors (Lipinski definition) is 2. The van der Waals surface area contributed by atoms with E-state index in [1.807, 2.05) is 0 Å². The molecule has 2 rings (SSSR count). The molecule has 1 aromatic heterocycles. The number of thiazole rings is 1. The molecule has 0 aliphatic heterocycles. The Morgan fingerprint density at radius 2 is 2.21 bits per heavy atom. The monoisotopic (exact) mass is 280 g/mol. The number of halogens is 1. The Labute approximate surface area is 113 Å². The molecule has 6 heteroatoms. The molecule has 1 aromatic carbocycles. The van der Waals surface area contributed by atoms with E-state index in [9.17, 15) is 14.3 Å². The van der Waals surface area contributed by atoms with E-state index in [1.54, 1.807) is 25.4 Å². The number of phenolic OH excluding ortho intramolecular Hbond substituents is 1. The number of rotatable bonds is 3. The first-order chi connectivity index (χ1) is 8.92. The van der Waals surface area contributed by atoms with Crippen molar-refractivity contribution in [1.29, 1.82) is 0 Å². The van der Waals surface area contributed by atoms with Crippen molar-refractivity contribution in [2.24, 2.45) is 0 Å². The molecule has 2 N–H and O–H groups in total. The number of hydrogen-bond acceptors (Lipinski definition) is 4. The van der Waals surface area contributed by atoms with E-state index in [4.69, 9.17) is 0 Å². The van der Waals surface area contributed by atoms with Gasteiger partial charge in [-0.1, -0.05) is 6.07 Å². The van der Waals surface area contributed by atoms with Crippen LogP contribution in [0.15, 0.2) is 29.8 Å². The average Bonchev–Trinajstić information content (AvgIpc) is 2.81. The molecule has 0 radical (unpaired) electrons. The van der Waals surface area contributed by atoms with Crippen LogP contribution in [0.4, 0.5) is 4.39 Å². The zero-order valence-electron chi connectivity index (χ0n) is 10.5. The first kappa shape index (κ1) is 13.5. The number of aromatic hydroxyl groups is 1. The van der Waals surface area contributed by atoms with Crippen LogP contribution in [0.1, 0.15) is 29.2 Å². The van der Waals surface area contributed by atoms with E-state index in [2.05, 4.69) is 10.3 Å². The molecule has 0 fully saturated rings. The van der Waals surface area contributed by atoms with Crippen molar-refractivity contribution in [2.45, 2.75) is 19.4 Å². The molecular formula is C13H13FN2O2S. The number of amides is 1. The topological polar surface area (TPSA) is 62.2 Å². The van der Waals surface area contributed by atoms with E-state index in [-0.39, 0.29) is 11.3 Å². The third-order valence-electron chi connectivity index (χ3n) is 2.61. The molecule has 0 aliphatic carbocycles. The van der Waals surface area contributed by atoms with Gasteiger partial charge in [-0.3, -0.25) is 4.79 Å². The molecule has 1 amide bonds. The molecule has 0 saturated carbocycles. The van der Waals surface area contributed by atoms with Gasteiger partial charge in [0.15, 0.2) is 0 Å². The van der Waals surface area contributed by atoms with Crippen LogP contribution >= 0.6 is 11.3 Å². The maximum atomic E-state index is 13.6. The number of nitrogens with zero attached hydrogens (tertiary/aromatic N) is 1. The Hall–Kier alpha value is -1.95. The first-order valence-electron chi connectivity index (χ1n) is 5.62. The molecule has 0 unspecified atom stereocenters. The van der Waals surface area contributed by atoms with Crippen LogP contribution in [-0.4, -0.2) is 16.0 Å². The second-order valence-electron chi connectivity index (χ2n) is 4.55. The van der Waals surface area contributed by atoms with Crippen molar-refractivity contribution in [2.75, 3.05) is 0 Å². The van der Waals surface area contributed by atoms with E-state index >= 15 is 0 Å². The van der Waals surface area contributed by atoms with E-state index in [1.165, 1.54) is 23.5 Å². The lowest BCUT2D eigenvalue weighted by Gasteiger charge is -2.24. The standard InChI is InChI=1S/C13H13FN2O2S/c1-13(2,12-15-6-7-19-12)16-11(18)10-8(14)4-3-5-9(10)17/h3-7,17H,1-2H3,(H,16,18). The number of nitrogens with one attached hydrogen (secondary N) is 1. The Bertz CT molecular complexity index is 576. The molecule has 0 aliphatic rings. The molecule has 1 heterocycles. The maximum absolute atomic E-state index is 13.6. The Morgan fingerprint density at radius 1 is 1.47 bits per heavy atom. The molecule has 0 saturated heterocycles. The highest BCUT2D eigenvalue weighted by molar-refractivity contribution is 7.09. The molecular weight excluding hydrogens is 267 g/mol. The average molecular weight is 280 g/mol. The summed E-state index contributed by atoms with van der Waals surface area (Å²) >= 11 is 1.39. The smallest absolute Gasteiger partial charge is 0.258 e. The van der Waals surface area contributed by atoms with Crippen LogP contribution in [0.3, 0.4) is 0 Å². The Kier molecular flexibility index (Phi) is 3.53. The number of benzene rings is 1. The number of phenols is 1. The van der Waals surface area contributed by atoms with Gasteiger partial charge in [0.1, 0.15) is 22.1 Å². The minimum atomic E-state index is -0.757. The van der Waals surface area contributed by atoms with Crippen molar-refractivity contribution in [3.05, 3.63) is 46.2 Å². The van der Waals surface area contributed by atoms with Crippen molar-refractivity contribution in [1.82, 2.24) is 10.3 Å². The maximum Gasteiger partial charge on any atom is 0.258 e. The lowest BCUT2D eigenvalue weighted by molar-refractivity contribution is 0.0905. The summed E-state index contributed by atoms with van der Waals surface area (Å²) in [6, 6.07) is 3.74. The van der Waals surface area contributed by atoms with Crippen LogP contribution in [0.5, 0.6) is 5.75 Å². The SMILES string of the molecule is CC(C)(NC(=O)c1c(O)cccc1F)c1nccs1. The van der Waals surface area contributed by atoms with E-state index in [0.29, 0.717) is 5.01 Å². The van der Waals surface area contributed by atoms with Crippen LogP contribution < -0.4 is 5.32 Å². The van der Waals surface area contributed by atoms with Crippen molar-refractivity contribution < 1.29 is 14.3 Å². The second kappa shape index (κ2) is 4.97. The molecule has 19 heavy (non-hydrogen) atoms. The lowest BCUT2D eigenvalue weighted by atomic mass is 10.1. The Balaban J connectivity index is 2.27. The van der Waals surface area contributed by atoms with Crippen LogP contribution in [0.25, 0.3) is 0 Å². The van der Waals surface area contributed by atoms with Gasteiger partial charge in [-0.15, -0.1) is 11.3 Å². The third-order valence-corrected chi connectivity index (χ3v) is 3.71. The normalized spacial score (nSPS) is 11.3. The van der Waals surface area contributed by atoms with Crippen molar-refractivity contribution in [3.8, 4) is 5.75 Å². The summed E-state index contributed by atoms with van der Waals surface area (Å²) in [6.45, 7) is 3.53. The van der Waals surface area contributed by atoms with Gasteiger partial charge in [-0.25, -0.2) is 9.37 Å². The summed E-state index contributed by atoms with van der Waals surface area (Å²) < 4.78 is 13.6. The zero-order valence-corrected chi connectivity index (χ0v) is 11.3. The van der Waals surface area contributed by atoms with Gasteiger partial charge in [0.05, 0.1) is 5.54 Å². The summed E-state index contributed by atoms with van der Waals surface area (Å²) in [5, 5.41) is 14.7. The predicted molar refractivity (Wildman–Crippen MR) is 70.7 cm³/mol. The highest BCUT2D eigenvalue weighted by Crippen LogP contribution is 2.25. The summed E-state index contributed by atoms with van der Waals surface area (Å²) in [5.41, 5.74) is -1.09. The van der Waals surface area contributed by atoms with Gasteiger partial charge >= 0.3 is 0 Å². The van der Waals surface area contributed by atoms with Gasteiger partial charge < -0.3 is 10.4 Å². The molecule has 0 atom stereocenters. The zero-order chi connectivity index (χ0) is 14.0. The van der Waals surface area contributed by atoms with Gasteiger partial charge in [0.2, 0.25) is 0 Å². The molecule has 4 nitrogen and oxygen atoms in total. The largest absolute Gasteiger partial charge is 0.507 e. The predicted octanol–water partition coefficient (Wildman–Crippen LogP) is 2.65. The van der Waals surface area contributed by atoms with Gasteiger partial charge in [-0.05, 0) is 26.0 Å². The highest BCUT2D eigenvalue weighted by Gasteiger charge is 2.28. The minimum Gasteiger partial charge on any atom is -0.507 e. The summed E-state index contributed by atoms with van der Waals surface area (Å²) in [5.74, 6) is -1.81. The second-order valence-corrected chi connectivity index (χ2v) is 5.44. The molecule has 0 spiro atoms. The molecule has 0 bridgehead atoms. The fourth-order valence-electron chi connectivity index (χ4n) is 1.67. The number of carbonyl (C=O) groups is 1. The van der Waals surface area contributed by atoms with Gasteiger partial charge in [0.25, 0.3) is 5.91 Å². The summed E-state index contributed by atoms with van der Waals surface area (Å²) in [7, 11) is 0. The van der Waals surface area contributed by atoms with Crippen LogP contribution in [-0.2, 0) is 5.54 Å². The van der Waals surface area contributed by atoms with E-state index in [0.717, 1.165) is 6.07 Å². The number of aromatic nitrogens is 1. The fourth-order valence-corrected chi connectivity index (χ4v) is 2.39. The highest BCUT2D eigenvalue weighted by atomic mass is 32.1. The molecule has 2 aromatic rings. The van der Waals surface area contributed by atoms with Crippen LogP contribution in [0.2, 0.25) is 0 Å². The third kappa shape index (κ3) is 2.73. The van der Waals surface area contributed by atoms with Crippen molar-refractivity contribution in [3.63, 3.8) is 0 Å². The molecule has 100 valence electrons. The van der Waals surface area contributed by atoms with Gasteiger partial charge in [0, 0.05) is 11.6 Å². The summed E-state index contributed by atoms with van der Waals surface area (Å²) in [6.07, 6.45) is 1.63. The van der Waals surface area contributed by atoms with Crippen molar-refractivity contribution >= 4 is 17.2 Å². The first-order valence-corrected chi connectivity index (χ1v) is 6.50. The summed E-state index contributed by atoms with van der Waals surface area (Å²) in [4.78, 5) is 16.2. The fraction of sp³-hybridized carbons (Fsp3) is 0.231. The Morgan fingerprint density at radius 3 is 2.79 bits per heavy atom.